The maximum absolute atomic E-state index is 14.9. The van der Waals surface area contributed by atoms with Gasteiger partial charge in [-0.1, -0.05) is 36.4 Å². The molecule has 0 aromatic heterocycles. The molecule has 10 rings (SSSR count). The zero-order chi connectivity index (χ0) is 62.0. The molecule has 4 aliphatic heterocycles. The largest absolute Gasteiger partial charge is 0.507 e. The summed E-state index contributed by atoms with van der Waals surface area (Å²) in [6, 6.07) is 25.2. The second kappa shape index (κ2) is 27.1. The number of carboxylic acid groups (broad SMARTS) is 1. The van der Waals surface area contributed by atoms with Crippen LogP contribution in [0.1, 0.15) is 112 Å². The van der Waals surface area contributed by atoms with Crippen molar-refractivity contribution in [1.82, 2.24) is 26.2 Å². The molecule has 448 valence electrons. The lowest BCUT2D eigenvalue weighted by Crippen LogP contribution is -2.51. The van der Waals surface area contributed by atoms with E-state index in [1.54, 1.807) is 52.0 Å². The summed E-state index contributed by atoms with van der Waals surface area (Å²) in [6.07, 6.45) is -0.492. The number of amides is 4. The Kier molecular flexibility index (Phi) is 19.6. The Morgan fingerprint density at radius 2 is 1.06 bits per heavy atom. The lowest BCUT2D eigenvalue weighted by molar-refractivity contribution is 0.0287. The van der Waals surface area contributed by atoms with Crippen LogP contribution in [-0.4, -0.2) is 133 Å². The molecule has 23 nitrogen and oxygen atoms in total. The van der Waals surface area contributed by atoms with E-state index in [-0.39, 0.29) is 88.3 Å². The van der Waals surface area contributed by atoms with Crippen molar-refractivity contribution in [3.05, 3.63) is 176 Å². The number of carbonyl (C=O) groups excluding carboxylic acids is 6. The molecule has 0 aliphatic carbocycles. The first-order valence-electron chi connectivity index (χ1n) is 27.0. The highest BCUT2D eigenvalue weighted by molar-refractivity contribution is 6.12. The number of methoxy groups -OCH3 is 2. The van der Waals surface area contributed by atoms with E-state index in [4.69, 9.17) is 29.8 Å². The second-order valence-corrected chi connectivity index (χ2v) is 20.9. The SMILES string of the molecule is CCOc1ccc(OC)c(F)c1C(=O)c1ccc(C(=O)N[C@@H]2CN(C(=O)OC(C)(C)C)C[C@H]2N)cc1.COc1ccc(O)c(C(=O)c2ccc(C(=O)N[C@@H]3CNC[C@H]3NC(=O)c3ccc4c(c3)N=NC4)cc2)c1F.O=C(O)c1ccc2c(c1)N=NC2. The van der Waals surface area contributed by atoms with Crippen LogP contribution in [0.2, 0.25) is 0 Å². The topological polar surface area (TPSA) is 324 Å². The number of carbonyl (C=O) groups is 7. The van der Waals surface area contributed by atoms with E-state index >= 15 is 0 Å². The molecule has 4 aliphatic rings. The number of ether oxygens (including phenoxy) is 4. The third kappa shape index (κ3) is 14.7. The van der Waals surface area contributed by atoms with Gasteiger partial charge in [0.2, 0.25) is 0 Å². The van der Waals surface area contributed by atoms with Crippen LogP contribution in [0.3, 0.4) is 0 Å². The van der Waals surface area contributed by atoms with Crippen LogP contribution in [0.4, 0.5) is 25.0 Å². The van der Waals surface area contributed by atoms with Gasteiger partial charge in [-0.3, -0.25) is 24.0 Å². The molecule has 6 aromatic carbocycles. The molecule has 0 bridgehead atoms. The number of phenols is 1. The summed E-state index contributed by atoms with van der Waals surface area (Å²) in [5.74, 6) is -5.82. The summed E-state index contributed by atoms with van der Waals surface area (Å²) < 4.78 is 50.2. The molecule has 8 N–H and O–H groups in total. The van der Waals surface area contributed by atoms with Gasteiger partial charge in [-0.05, 0) is 100 Å². The molecular weight excluding hydrogens is 1120 g/mol. The number of hydrogen-bond acceptors (Lipinski definition) is 18. The second-order valence-electron chi connectivity index (χ2n) is 20.9. The van der Waals surface area contributed by atoms with E-state index in [0.717, 1.165) is 11.1 Å². The third-order valence-electron chi connectivity index (χ3n) is 13.9. The minimum absolute atomic E-state index is 0.0777. The number of aromatic carboxylic acids is 1. The number of nitrogens with zero attached hydrogens (tertiary/aromatic N) is 5. The number of nitrogens with two attached hydrogens (primary N) is 1. The molecule has 2 saturated heterocycles. The first-order chi connectivity index (χ1) is 41.1. The normalized spacial score (nSPS) is 16.9. The van der Waals surface area contributed by atoms with Gasteiger partial charge in [0.25, 0.3) is 17.7 Å². The number of fused-ring (bicyclic) bond motifs is 2. The Hall–Kier alpha value is -10.0. The first-order valence-corrected chi connectivity index (χ1v) is 27.0. The van der Waals surface area contributed by atoms with Crippen LogP contribution in [0, 0.1) is 11.6 Å². The average molecular weight is 1180 g/mol. The lowest BCUT2D eigenvalue weighted by Gasteiger charge is -2.24. The van der Waals surface area contributed by atoms with E-state index in [2.05, 4.69) is 41.7 Å². The van der Waals surface area contributed by atoms with Crippen LogP contribution in [-0.2, 0) is 17.8 Å². The maximum Gasteiger partial charge on any atom is 0.410 e. The standard InChI is InChI=1S/C27H24FN5O5.C26H32FN3O6.C8H6N2O2/c1-38-22-9-8-21(34)23(24(22)28)25(35)14-2-4-15(5-3-14)26(36)31-19-12-29-13-20(19)32-27(37)16-6-7-17-11-30-33-18(17)10-16;1-6-35-19-11-12-20(34-5)22(27)21(19)23(31)15-7-9-16(10-8-15)24(32)29-18-14-30(13-17(18)28)25(33)36-26(2,3)4;11-8(12)5-1-2-6-4-9-10-7(6)3-5/h2-10,19-20,29,34H,11-13H2,1H3,(H,31,36)(H,32,37);7-12,17-18H,6,13-14,28H2,1-5H3,(H,29,32);1-3H,4H2,(H,11,12)/t19-,20-;17-,18-;/m11./s1. The van der Waals surface area contributed by atoms with Crippen molar-refractivity contribution in [2.24, 2.45) is 26.2 Å². The predicted octanol–water partition coefficient (Wildman–Crippen LogP) is 7.99. The highest BCUT2D eigenvalue weighted by Crippen LogP contribution is 2.33. The number of benzene rings is 6. The van der Waals surface area contributed by atoms with Gasteiger partial charge in [-0.2, -0.15) is 20.5 Å². The van der Waals surface area contributed by atoms with Crippen LogP contribution >= 0.6 is 0 Å². The number of ketones is 2. The van der Waals surface area contributed by atoms with E-state index in [9.17, 15) is 47.4 Å². The summed E-state index contributed by atoms with van der Waals surface area (Å²) in [4.78, 5) is 88.7. The van der Waals surface area contributed by atoms with Gasteiger partial charge < -0.3 is 61.1 Å². The van der Waals surface area contributed by atoms with Crippen molar-refractivity contribution >= 4 is 52.7 Å². The van der Waals surface area contributed by atoms with Crippen LogP contribution in [0.5, 0.6) is 23.0 Å². The third-order valence-corrected chi connectivity index (χ3v) is 13.9. The number of phenolic OH excluding ortho intramolecular Hbond substituents is 1. The molecule has 4 heterocycles. The first kappa shape index (κ1) is 62.0. The number of aromatic hydroxyl groups is 1. The summed E-state index contributed by atoms with van der Waals surface area (Å²) in [5.41, 5.74) is 9.59. The molecule has 86 heavy (non-hydrogen) atoms. The summed E-state index contributed by atoms with van der Waals surface area (Å²) in [7, 11) is 2.57. The minimum atomic E-state index is -0.967. The maximum atomic E-state index is 14.9. The smallest absolute Gasteiger partial charge is 0.410 e. The Bertz CT molecular complexity index is 3650. The molecule has 0 spiro atoms. The van der Waals surface area contributed by atoms with Crippen molar-refractivity contribution < 1.29 is 71.5 Å². The number of azo groups is 2. The predicted molar refractivity (Wildman–Crippen MR) is 307 cm³/mol. The Balaban J connectivity index is 0.000000187. The van der Waals surface area contributed by atoms with Gasteiger partial charge >= 0.3 is 12.1 Å². The lowest BCUT2D eigenvalue weighted by atomic mass is 10.00. The summed E-state index contributed by atoms with van der Waals surface area (Å²) >= 11 is 0. The van der Waals surface area contributed by atoms with E-state index < -0.39 is 76.1 Å². The number of halogens is 2. The number of hydrogen-bond donors (Lipinski definition) is 7. The number of carboxylic acids is 1. The Labute approximate surface area is 492 Å². The number of nitrogens with one attached hydrogen (secondary N) is 4. The van der Waals surface area contributed by atoms with Gasteiger partial charge in [0, 0.05) is 71.2 Å². The fraction of sp³-hybridized carbons (Fsp3) is 0.295. The average Bonchev–Trinajstić information content (AvgIpc) is 2.04. The van der Waals surface area contributed by atoms with Gasteiger partial charge in [-0.25, -0.2) is 18.4 Å². The molecule has 6 aromatic rings. The van der Waals surface area contributed by atoms with Gasteiger partial charge in [0.15, 0.2) is 34.7 Å². The van der Waals surface area contributed by atoms with Crippen LogP contribution in [0.25, 0.3) is 0 Å². The zero-order valence-corrected chi connectivity index (χ0v) is 47.6. The van der Waals surface area contributed by atoms with Crippen molar-refractivity contribution in [1.29, 1.82) is 0 Å². The molecule has 0 saturated carbocycles. The van der Waals surface area contributed by atoms with Gasteiger partial charge in [-0.15, -0.1) is 0 Å². The summed E-state index contributed by atoms with van der Waals surface area (Å²) in [5, 5.41) is 46.1. The monoisotopic (exact) mass is 1180 g/mol. The van der Waals surface area contributed by atoms with Crippen LogP contribution < -0.4 is 41.2 Å². The highest BCUT2D eigenvalue weighted by Gasteiger charge is 2.37. The van der Waals surface area contributed by atoms with E-state index in [1.165, 1.54) is 98.0 Å². The molecule has 0 unspecified atom stereocenters. The van der Waals surface area contributed by atoms with Crippen molar-refractivity contribution in [3.8, 4) is 23.0 Å². The van der Waals surface area contributed by atoms with Crippen molar-refractivity contribution in [2.75, 3.05) is 47.0 Å². The quantitative estimate of drug-likeness (QED) is 0.0479. The molecule has 0 radical (unpaired) electrons. The molecule has 4 amide bonds. The number of likely N-dealkylation sites (tertiary alicyclic amines) is 1. The van der Waals surface area contributed by atoms with Crippen LogP contribution in [0.15, 0.2) is 130 Å². The van der Waals surface area contributed by atoms with Crippen molar-refractivity contribution in [3.63, 3.8) is 0 Å². The number of rotatable bonds is 15. The molecular formula is C61H62F2N10O13. The minimum Gasteiger partial charge on any atom is -0.507 e. The zero-order valence-electron chi connectivity index (χ0n) is 47.6. The van der Waals surface area contributed by atoms with Gasteiger partial charge in [0.1, 0.15) is 28.2 Å². The van der Waals surface area contributed by atoms with Gasteiger partial charge in [0.05, 0.1) is 69.0 Å². The Morgan fingerprint density at radius 1 is 0.616 bits per heavy atom. The molecule has 4 atom stereocenters. The fourth-order valence-electron chi connectivity index (χ4n) is 9.36. The van der Waals surface area contributed by atoms with Crippen molar-refractivity contribution in [2.45, 2.75) is 70.6 Å². The summed E-state index contributed by atoms with van der Waals surface area (Å²) in [6.45, 7) is 9.77. The highest BCUT2D eigenvalue weighted by atomic mass is 19.1. The Morgan fingerprint density at radius 3 is 1.57 bits per heavy atom. The van der Waals surface area contributed by atoms with E-state index in [0.29, 0.717) is 43.1 Å². The fourth-order valence-corrected chi connectivity index (χ4v) is 9.36. The molecule has 25 heteroatoms. The van der Waals surface area contributed by atoms with E-state index in [1.807, 2.05) is 6.07 Å². The molecule has 2 fully saturated rings.